The summed E-state index contributed by atoms with van der Waals surface area (Å²) in [6, 6.07) is 5.20. The van der Waals surface area contributed by atoms with Crippen LogP contribution in [0.1, 0.15) is 67.9 Å². The number of likely N-dealkylation sites (N-methyl/N-ethyl adjacent to an activating group) is 1. The van der Waals surface area contributed by atoms with Crippen LogP contribution in [0, 0.1) is 3.57 Å². The molecule has 0 saturated heterocycles. The van der Waals surface area contributed by atoms with Crippen LogP contribution in [0.3, 0.4) is 0 Å². The number of hydrogen-bond donors (Lipinski definition) is 0. The smallest absolute Gasteiger partial charge is 0.410 e. The Kier molecular flexibility index (Phi) is 10.7. The van der Waals surface area contributed by atoms with Crippen LogP contribution in [0.4, 0.5) is 4.79 Å². The third-order valence-corrected chi connectivity index (χ3v) is 12.9. The van der Waals surface area contributed by atoms with Crippen molar-refractivity contribution in [2.75, 3.05) is 14.2 Å². The van der Waals surface area contributed by atoms with Gasteiger partial charge in [0.15, 0.2) is 0 Å². The average Bonchev–Trinajstić information content (AvgIpc) is 2.68. The molecule has 0 radical (unpaired) electrons. The van der Waals surface area contributed by atoms with Gasteiger partial charge in [-0.15, -0.1) is 0 Å². The predicted molar refractivity (Wildman–Crippen MR) is 144 cm³/mol. The molecule has 0 N–H and O–H groups in total. The van der Waals surface area contributed by atoms with Gasteiger partial charge in [-0.3, -0.25) is 4.90 Å². The van der Waals surface area contributed by atoms with E-state index in [1.165, 1.54) is 12.0 Å². The van der Waals surface area contributed by atoms with Gasteiger partial charge in [0.1, 0.15) is 17.4 Å². The first-order valence-electron chi connectivity index (χ1n) is 11.6. The van der Waals surface area contributed by atoms with Crippen LogP contribution in [0.2, 0.25) is 16.6 Å². The molecule has 0 aliphatic rings. The molecule has 0 heterocycles. The van der Waals surface area contributed by atoms with Crippen molar-refractivity contribution in [1.29, 1.82) is 0 Å². The quantitative estimate of drug-likeness (QED) is 0.180. The number of hydrogen-bond acceptors (Lipinski definition) is 5. The number of methoxy groups -OCH3 is 1. The highest BCUT2D eigenvalue weighted by Crippen LogP contribution is 2.43. The number of esters is 1. The molecule has 1 aromatic carbocycles. The topological polar surface area (TPSA) is 65.1 Å². The molecule has 1 atom stereocenters. The van der Waals surface area contributed by atoms with Crippen LogP contribution in [-0.2, 0) is 20.7 Å². The maximum absolute atomic E-state index is 12.6. The van der Waals surface area contributed by atoms with Crippen LogP contribution in [-0.4, -0.2) is 51.1 Å². The van der Waals surface area contributed by atoms with Gasteiger partial charge in [-0.05, 0) is 77.7 Å². The van der Waals surface area contributed by atoms with Gasteiger partial charge in [0.25, 0.3) is 8.32 Å². The molecule has 0 bridgehead atoms. The first-order chi connectivity index (χ1) is 15.1. The van der Waals surface area contributed by atoms with Crippen molar-refractivity contribution >= 4 is 43.0 Å². The second-order valence-electron chi connectivity index (χ2n) is 10.5. The zero-order valence-corrected chi connectivity index (χ0v) is 25.3. The van der Waals surface area contributed by atoms with Crippen molar-refractivity contribution in [3.8, 4) is 5.75 Å². The van der Waals surface area contributed by atoms with Gasteiger partial charge in [0.2, 0.25) is 0 Å². The van der Waals surface area contributed by atoms with Crippen LogP contribution >= 0.6 is 22.6 Å². The molecule has 0 unspecified atom stereocenters. The minimum Gasteiger partial charge on any atom is -0.542 e. The summed E-state index contributed by atoms with van der Waals surface area (Å²) in [5.74, 6) is 0.404. The second-order valence-corrected chi connectivity index (χ2v) is 17.1. The van der Waals surface area contributed by atoms with E-state index in [0.717, 1.165) is 14.9 Å². The monoisotopic (exact) mass is 591 g/mol. The predicted octanol–water partition coefficient (Wildman–Crippen LogP) is 6.80. The van der Waals surface area contributed by atoms with Gasteiger partial charge in [-0.1, -0.05) is 47.6 Å². The van der Waals surface area contributed by atoms with E-state index in [0.29, 0.717) is 23.0 Å². The number of ether oxygens (including phenoxy) is 2. The van der Waals surface area contributed by atoms with E-state index in [1.807, 2.05) is 18.2 Å². The molecule has 0 saturated carbocycles. The fourth-order valence-corrected chi connectivity index (χ4v) is 10.7. The van der Waals surface area contributed by atoms with E-state index >= 15 is 0 Å². The van der Waals surface area contributed by atoms with Gasteiger partial charge in [0, 0.05) is 13.5 Å². The molecule has 188 valence electrons. The zero-order chi connectivity index (χ0) is 25.7. The fourth-order valence-electron chi connectivity index (χ4n) is 4.50. The van der Waals surface area contributed by atoms with Crippen molar-refractivity contribution in [1.82, 2.24) is 4.90 Å². The van der Waals surface area contributed by atoms with Crippen molar-refractivity contribution in [3.63, 3.8) is 0 Å². The summed E-state index contributed by atoms with van der Waals surface area (Å²) in [7, 11) is 0.811. The van der Waals surface area contributed by atoms with E-state index in [-0.39, 0.29) is 0 Å². The van der Waals surface area contributed by atoms with Gasteiger partial charge in [-0.25, -0.2) is 9.59 Å². The summed E-state index contributed by atoms with van der Waals surface area (Å²) >= 11 is 2.29. The Morgan fingerprint density at radius 1 is 1.03 bits per heavy atom. The number of carbonyl (C=O) groups excluding carboxylic acids is 2. The lowest BCUT2D eigenvalue weighted by Gasteiger charge is -2.42. The Hall–Kier alpha value is -1.29. The summed E-state index contributed by atoms with van der Waals surface area (Å²) in [4.78, 5) is 26.4. The lowest BCUT2D eigenvalue weighted by atomic mass is 10.0. The van der Waals surface area contributed by atoms with Gasteiger partial charge in [0.05, 0.1) is 10.7 Å². The SMILES string of the molecule is COC(=O)[C@@H](Cc1ccc(O[Si](C(C)C)(C(C)C)C(C)C)c(I)c1)N(C)C(=O)OC(C)(C)C. The summed E-state index contributed by atoms with van der Waals surface area (Å²) in [5.41, 5.74) is 1.68. The van der Waals surface area contributed by atoms with Crippen LogP contribution in [0.15, 0.2) is 18.2 Å². The zero-order valence-electron chi connectivity index (χ0n) is 22.1. The first kappa shape index (κ1) is 29.7. The van der Waals surface area contributed by atoms with Crippen molar-refractivity contribution in [3.05, 3.63) is 27.3 Å². The van der Waals surface area contributed by atoms with Crippen LogP contribution in [0.5, 0.6) is 5.75 Å². The first-order valence-corrected chi connectivity index (χ1v) is 14.8. The largest absolute Gasteiger partial charge is 0.542 e. The number of halogens is 1. The van der Waals surface area contributed by atoms with Crippen molar-refractivity contribution < 1.29 is 23.5 Å². The molecule has 0 fully saturated rings. The molecule has 0 aliphatic carbocycles. The van der Waals surface area contributed by atoms with E-state index < -0.39 is 32.0 Å². The maximum Gasteiger partial charge on any atom is 0.410 e. The average molecular weight is 592 g/mol. The second kappa shape index (κ2) is 11.9. The van der Waals surface area contributed by atoms with Crippen molar-refractivity contribution in [2.24, 2.45) is 0 Å². The molecule has 8 heteroatoms. The maximum atomic E-state index is 12.6. The Labute approximate surface area is 215 Å². The number of amides is 1. The van der Waals surface area contributed by atoms with Gasteiger partial charge >= 0.3 is 12.1 Å². The lowest BCUT2D eigenvalue weighted by molar-refractivity contribution is -0.146. The van der Waals surface area contributed by atoms with Crippen LogP contribution in [0.25, 0.3) is 0 Å². The van der Waals surface area contributed by atoms with Gasteiger partial charge < -0.3 is 13.9 Å². The number of rotatable bonds is 9. The fraction of sp³-hybridized carbons (Fsp3) is 0.680. The summed E-state index contributed by atoms with van der Waals surface area (Å²) in [5, 5.41) is 0. The minimum absolute atomic E-state index is 0.319. The molecule has 1 rings (SSSR count). The summed E-state index contributed by atoms with van der Waals surface area (Å²) in [6.45, 7) is 19.0. The van der Waals surface area contributed by atoms with E-state index in [4.69, 9.17) is 13.9 Å². The molecular formula is C25H42INO5Si. The molecule has 6 nitrogen and oxygen atoms in total. The highest BCUT2D eigenvalue weighted by atomic mass is 127. The molecule has 1 amide bonds. The molecule has 0 aliphatic heterocycles. The highest BCUT2D eigenvalue weighted by molar-refractivity contribution is 14.1. The third kappa shape index (κ3) is 7.60. The van der Waals surface area contributed by atoms with Crippen molar-refractivity contribution in [2.45, 2.75) is 97.0 Å². The lowest BCUT2D eigenvalue weighted by Crippen LogP contribution is -2.50. The number of carbonyl (C=O) groups is 2. The normalized spacial score (nSPS) is 13.3. The Balaban J connectivity index is 3.21. The molecule has 0 spiro atoms. The third-order valence-electron chi connectivity index (χ3n) is 6.04. The van der Waals surface area contributed by atoms with E-state index in [9.17, 15) is 9.59 Å². The number of benzene rings is 1. The summed E-state index contributed by atoms with van der Waals surface area (Å²) in [6.07, 6.45) is -0.242. The molecule has 33 heavy (non-hydrogen) atoms. The molecule has 0 aromatic heterocycles. The standard InChI is InChI=1S/C25H42INO5Si/c1-16(2)33(17(3)4,18(5)6)32-22-13-12-19(14-20(22)26)15-21(23(28)30-11)27(10)24(29)31-25(7,8)9/h12-14,16-18,21H,15H2,1-11H3/t21-/m1/s1. The highest BCUT2D eigenvalue weighted by Gasteiger charge is 2.47. The Morgan fingerprint density at radius 3 is 1.94 bits per heavy atom. The van der Waals surface area contributed by atoms with E-state index in [2.05, 4.69) is 64.1 Å². The summed E-state index contributed by atoms with van der Waals surface area (Å²) < 4.78 is 18.3. The molecule has 1 aromatic rings. The van der Waals surface area contributed by atoms with Gasteiger partial charge in [-0.2, -0.15) is 0 Å². The molecular weight excluding hydrogens is 549 g/mol. The number of nitrogens with zero attached hydrogens (tertiary/aromatic N) is 1. The Bertz CT molecular complexity index is 798. The van der Waals surface area contributed by atoms with E-state index in [1.54, 1.807) is 27.8 Å². The Morgan fingerprint density at radius 2 is 1.55 bits per heavy atom. The van der Waals surface area contributed by atoms with Crippen LogP contribution < -0.4 is 4.43 Å². The minimum atomic E-state index is -2.08.